The zero-order chi connectivity index (χ0) is 14.2. The fourth-order valence-corrected chi connectivity index (χ4v) is 1.73. The van der Waals surface area contributed by atoms with Crippen LogP contribution in [0.2, 0.25) is 0 Å². The monoisotopic (exact) mass is 271 g/mol. The second-order valence-electron chi connectivity index (χ2n) is 3.71. The van der Waals surface area contributed by atoms with E-state index in [1.807, 2.05) is 0 Å². The van der Waals surface area contributed by atoms with Crippen LogP contribution in [0.4, 0.5) is 19.0 Å². The summed E-state index contributed by atoms with van der Waals surface area (Å²) >= 11 is 0. The van der Waals surface area contributed by atoms with Gasteiger partial charge < -0.3 is 10.8 Å². The number of H-pyrrole nitrogens is 1. The number of alkyl halides is 3. The molecule has 1 heterocycles. The number of halogens is 3. The summed E-state index contributed by atoms with van der Waals surface area (Å²) in [6.45, 7) is 0. The molecule has 0 saturated carbocycles. The molecular formula is C11H8F3N3O2. The molecule has 0 unspecified atom stereocenters. The fourth-order valence-electron chi connectivity index (χ4n) is 1.73. The first-order valence-electron chi connectivity index (χ1n) is 5.06. The summed E-state index contributed by atoms with van der Waals surface area (Å²) in [7, 11) is 0. The summed E-state index contributed by atoms with van der Waals surface area (Å²) in [5, 5.41) is 14.5. The predicted octanol–water partition coefficient (Wildman–Crippen LogP) is 2.38. The molecule has 1 aromatic heterocycles. The lowest BCUT2D eigenvalue weighted by atomic mass is 9.99. The molecule has 0 aliphatic carbocycles. The number of carbonyl (C=O) groups is 1. The molecule has 0 radical (unpaired) electrons. The topological polar surface area (TPSA) is 92.0 Å². The highest BCUT2D eigenvalue weighted by atomic mass is 19.4. The third kappa shape index (κ3) is 2.24. The van der Waals surface area contributed by atoms with Crippen molar-refractivity contribution in [2.24, 2.45) is 0 Å². The number of aromatic carboxylic acids is 1. The van der Waals surface area contributed by atoms with Crippen LogP contribution in [-0.2, 0) is 6.18 Å². The number of rotatable bonds is 2. The highest BCUT2D eigenvalue weighted by molar-refractivity contribution is 5.98. The van der Waals surface area contributed by atoms with Crippen LogP contribution in [0.25, 0.3) is 11.1 Å². The van der Waals surface area contributed by atoms with Crippen LogP contribution in [0, 0.1) is 0 Å². The van der Waals surface area contributed by atoms with Gasteiger partial charge in [0.05, 0.1) is 11.1 Å². The van der Waals surface area contributed by atoms with Crippen molar-refractivity contribution in [3.05, 3.63) is 35.5 Å². The number of nitrogens with one attached hydrogen (secondary N) is 1. The number of aromatic amines is 1. The molecule has 5 nitrogen and oxygen atoms in total. The first-order valence-corrected chi connectivity index (χ1v) is 5.06. The van der Waals surface area contributed by atoms with Gasteiger partial charge in [0.2, 0.25) is 0 Å². The number of hydrogen-bond donors (Lipinski definition) is 3. The van der Waals surface area contributed by atoms with Crippen LogP contribution >= 0.6 is 0 Å². The van der Waals surface area contributed by atoms with Crippen LogP contribution in [0.3, 0.4) is 0 Å². The molecule has 100 valence electrons. The highest BCUT2D eigenvalue weighted by Crippen LogP contribution is 2.39. The molecule has 0 spiro atoms. The molecule has 0 atom stereocenters. The van der Waals surface area contributed by atoms with E-state index in [1.54, 1.807) is 0 Å². The van der Waals surface area contributed by atoms with E-state index in [2.05, 4.69) is 10.2 Å². The Morgan fingerprint density at radius 3 is 2.53 bits per heavy atom. The van der Waals surface area contributed by atoms with Gasteiger partial charge >= 0.3 is 12.1 Å². The van der Waals surface area contributed by atoms with Crippen molar-refractivity contribution in [2.75, 3.05) is 5.73 Å². The Hall–Kier alpha value is -2.51. The van der Waals surface area contributed by atoms with Crippen LogP contribution in [0.5, 0.6) is 0 Å². The third-order valence-electron chi connectivity index (χ3n) is 2.51. The Bertz CT molecular complexity index is 634. The summed E-state index contributed by atoms with van der Waals surface area (Å²) in [6, 6.07) is 4.58. The summed E-state index contributed by atoms with van der Waals surface area (Å²) in [6.07, 6.45) is -4.62. The van der Waals surface area contributed by atoms with E-state index in [9.17, 15) is 18.0 Å². The van der Waals surface area contributed by atoms with E-state index < -0.39 is 23.4 Å². The first-order chi connectivity index (χ1) is 8.82. The number of benzene rings is 1. The average molecular weight is 271 g/mol. The molecule has 19 heavy (non-hydrogen) atoms. The summed E-state index contributed by atoms with van der Waals surface area (Å²) in [5.74, 6) is -1.73. The Balaban J connectivity index is 2.73. The predicted molar refractivity (Wildman–Crippen MR) is 60.4 cm³/mol. The summed E-state index contributed by atoms with van der Waals surface area (Å²) in [4.78, 5) is 11.0. The van der Waals surface area contributed by atoms with Gasteiger partial charge in [-0.2, -0.15) is 18.3 Å². The van der Waals surface area contributed by atoms with Crippen LogP contribution in [0.15, 0.2) is 24.3 Å². The van der Waals surface area contributed by atoms with E-state index >= 15 is 0 Å². The lowest BCUT2D eigenvalue weighted by molar-refractivity contribution is -0.137. The first kappa shape index (κ1) is 12.9. The minimum absolute atomic E-state index is 0.263. The van der Waals surface area contributed by atoms with Crippen molar-refractivity contribution in [3.8, 4) is 11.1 Å². The number of carboxylic acids is 1. The van der Waals surface area contributed by atoms with Crippen molar-refractivity contribution in [1.29, 1.82) is 0 Å². The minimum atomic E-state index is -4.62. The molecule has 2 aromatic rings. The fraction of sp³-hybridized carbons (Fsp3) is 0.0909. The number of hydrogen-bond acceptors (Lipinski definition) is 3. The Morgan fingerprint density at radius 2 is 1.95 bits per heavy atom. The molecule has 8 heteroatoms. The largest absolute Gasteiger partial charge is 0.477 e. The number of nitrogen functional groups attached to an aromatic ring is 1. The van der Waals surface area contributed by atoms with E-state index in [4.69, 9.17) is 10.8 Å². The zero-order valence-corrected chi connectivity index (χ0v) is 9.32. The molecular weight excluding hydrogens is 263 g/mol. The molecule has 0 saturated heterocycles. The van der Waals surface area contributed by atoms with Gasteiger partial charge in [-0.25, -0.2) is 4.79 Å². The number of anilines is 1. The minimum Gasteiger partial charge on any atom is -0.477 e. The second-order valence-corrected chi connectivity index (χ2v) is 3.71. The average Bonchev–Trinajstić information content (AvgIpc) is 2.70. The highest BCUT2D eigenvalue weighted by Gasteiger charge is 2.35. The molecule has 0 aliphatic heterocycles. The summed E-state index contributed by atoms with van der Waals surface area (Å²) in [5.41, 5.74) is 3.42. The Morgan fingerprint density at radius 1 is 1.32 bits per heavy atom. The van der Waals surface area contributed by atoms with E-state index in [0.717, 1.165) is 12.1 Å². The van der Waals surface area contributed by atoms with Gasteiger partial charge in [-0.1, -0.05) is 18.2 Å². The Kier molecular flexibility index (Phi) is 2.93. The maximum absolute atomic E-state index is 12.9. The van der Waals surface area contributed by atoms with Crippen molar-refractivity contribution in [2.45, 2.75) is 6.18 Å². The maximum atomic E-state index is 12.9. The quantitative estimate of drug-likeness (QED) is 0.781. The van der Waals surface area contributed by atoms with E-state index in [1.165, 1.54) is 12.1 Å². The smallest absolute Gasteiger partial charge is 0.417 e. The number of nitrogens with zero attached hydrogens (tertiary/aromatic N) is 1. The second kappa shape index (κ2) is 4.30. The zero-order valence-electron chi connectivity index (χ0n) is 9.32. The van der Waals surface area contributed by atoms with Crippen LogP contribution < -0.4 is 5.73 Å². The molecule has 0 fully saturated rings. The standard InChI is InChI=1S/C11H8F3N3O2/c12-11(13,14)6-4-2-1-3-5(6)7-8(10(18)19)16-17-9(7)15/h1-4H,(H,18,19)(H3,15,16,17). The van der Waals surface area contributed by atoms with Gasteiger partial charge in [0.25, 0.3) is 0 Å². The molecule has 0 amide bonds. The molecule has 0 aliphatic rings. The van der Waals surface area contributed by atoms with Crippen molar-refractivity contribution >= 4 is 11.8 Å². The van der Waals surface area contributed by atoms with Gasteiger partial charge in [0.1, 0.15) is 0 Å². The van der Waals surface area contributed by atoms with E-state index in [0.29, 0.717) is 0 Å². The SMILES string of the molecule is Nc1n[nH]c(C(=O)O)c1-c1ccccc1C(F)(F)F. The lowest BCUT2D eigenvalue weighted by Gasteiger charge is -2.12. The Labute approximate surface area is 104 Å². The van der Waals surface area contributed by atoms with Gasteiger partial charge in [0, 0.05) is 5.56 Å². The molecule has 0 bridgehead atoms. The maximum Gasteiger partial charge on any atom is 0.417 e. The number of nitrogens with two attached hydrogens (primary N) is 1. The summed E-state index contributed by atoms with van der Waals surface area (Å²) < 4.78 is 38.7. The van der Waals surface area contributed by atoms with Crippen LogP contribution in [-0.4, -0.2) is 21.3 Å². The van der Waals surface area contributed by atoms with Gasteiger partial charge in [-0.15, -0.1) is 0 Å². The number of aromatic nitrogens is 2. The van der Waals surface area contributed by atoms with Crippen molar-refractivity contribution < 1.29 is 23.1 Å². The van der Waals surface area contributed by atoms with Crippen molar-refractivity contribution in [1.82, 2.24) is 10.2 Å². The van der Waals surface area contributed by atoms with E-state index in [-0.39, 0.29) is 16.9 Å². The normalized spacial score (nSPS) is 11.5. The van der Waals surface area contributed by atoms with Gasteiger partial charge in [-0.3, -0.25) is 5.10 Å². The van der Waals surface area contributed by atoms with Gasteiger partial charge in [0.15, 0.2) is 11.5 Å². The third-order valence-corrected chi connectivity index (χ3v) is 2.51. The molecule has 1 aromatic carbocycles. The van der Waals surface area contributed by atoms with Crippen LogP contribution in [0.1, 0.15) is 16.1 Å². The van der Waals surface area contributed by atoms with Crippen molar-refractivity contribution in [3.63, 3.8) is 0 Å². The molecule has 4 N–H and O–H groups in total. The molecule has 2 rings (SSSR count). The number of carboxylic acid groups (broad SMARTS) is 1. The van der Waals surface area contributed by atoms with Gasteiger partial charge in [-0.05, 0) is 6.07 Å². The lowest BCUT2D eigenvalue weighted by Crippen LogP contribution is -2.09.